The number of carbonyl (C=O) groups is 1. The van der Waals surface area contributed by atoms with Crippen LogP contribution in [-0.2, 0) is 4.79 Å². The number of ether oxygens (including phenoxy) is 1. The highest BCUT2D eigenvalue weighted by Gasteiger charge is 2.19. The third-order valence-electron chi connectivity index (χ3n) is 3.62. The molecule has 1 aromatic rings. The minimum atomic E-state index is -0.490. The Labute approximate surface area is 118 Å². The highest BCUT2D eigenvalue weighted by atomic mass is 19.1. The standard InChI is InChI=1S/C15H21FN2O2/c1-2-13(15(17)19)18-10-7-8-14(12(16)9-10)20-11-5-3-4-6-11/h7-9,11,13,18H,2-6H2,1H3,(H2,17,19)/t13-/m0/s1. The fourth-order valence-corrected chi connectivity index (χ4v) is 2.45. The Bertz CT molecular complexity index is 473. The highest BCUT2D eigenvalue weighted by molar-refractivity contribution is 5.82. The molecule has 0 bridgehead atoms. The molecule has 1 aromatic carbocycles. The van der Waals surface area contributed by atoms with E-state index in [2.05, 4.69) is 5.32 Å². The molecule has 110 valence electrons. The molecule has 0 unspecified atom stereocenters. The van der Waals surface area contributed by atoms with Gasteiger partial charge in [0.1, 0.15) is 6.04 Å². The molecule has 0 aliphatic heterocycles. The predicted octanol–water partition coefficient (Wildman–Crippen LogP) is 2.82. The number of nitrogens with one attached hydrogen (secondary N) is 1. The topological polar surface area (TPSA) is 64.3 Å². The predicted molar refractivity (Wildman–Crippen MR) is 76.2 cm³/mol. The number of benzene rings is 1. The molecule has 2 rings (SSSR count). The molecule has 1 aliphatic rings. The first-order valence-corrected chi connectivity index (χ1v) is 7.12. The Balaban J connectivity index is 2.02. The fourth-order valence-electron chi connectivity index (χ4n) is 2.45. The molecule has 1 fully saturated rings. The van der Waals surface area contributed by atoms with Crippen LogP contribution in [-0.4, -0.2) is 18.1 Å². The summed E-state index contributed by atoms with van der Waals surface area (Å²) < 4.78 is 19.6. The Morgan fingerprint density at radius 2 is 2.20 bits per heavy atom. The number of nitrogens with two attached hydrogens (primary N) is 1. The molecular weight excluding hydrogens is 259 g/mol. The minimum Gasteiger partial charge on any atom is -0.487 e. The van der Waals surface area contributed by atoms with Crippen molar-refractivity contribution in [3.05, 3.63) is 24.0 Å². The molecule has 0 spiro atoms. The van der Waals surface area contributed by atoms with Gasteiger partial charge >= 0.3 is 0 Å². The van der Waals surface area contributed by atoms with Gasteiger partial charge in [-0.3, -0.25) is 4.79 Å². The highest BCUT2D eigenvalue weighted by Crippen LogP contribution is 2.27. The molecule has 0 saturated heterocycles. The number of primary amides is 1. The lowest BCUT2D eigenvalue weighted by atomic mass is 10.2. The SMILES string of the molecule is CC[C@H](Nc1ccc(OC2CCCC2)c(F)c1)C(N)=O. The molecule has 5 heteroatoms. The van der Waals surface area contributed by atoms with E-state index in [0.717, 1.165) is 25.7 Å². The average molecular weight is 280 g/mol. The summed E-state index contributed by atoms with van der Waals surface area (Å²) in [7, 11) is 0. The number of rotatable bonds is 6. The van der Waals surface area contributed by atoms with E-state index in [0.29, 0.717) is 12.1 Å². The van der Waals surface area contributed by atoms with Gasteiger partial charge in [0.05, 0.1) is 6.10 Å². The van der Waals surface area contributed by atoms with E-state index in [1.165, 1.54) is 6.07 Å². The Kier molecular flexibility index (Phi) is 4.82. The Morgan fingerprint density at radius 1 is 1.50 bits per heavy atom. The first-order valence-electron chi connectivity index (χ1n) is 7.12. The second kappa shape index (κ2) is 6.59. The second-order valence-corrected chi connectivity index (χ2v) is 5.18. The van der Waals surface area contributed by atoms with Crippen molar-refractivity contribution in [2.24, 2.45) is 5.73 Å². The van der Waals surface area contributed by atoms with Crippen LogP contribution >= 0.6 is 0 Å². The number of hydrogen-bond donors (Lipinski definition) is 2. The van der Waals surface area contributed by atoms with Crippen LogP contribution in [0.5, 0.6) is 5.75 Å². The van der Waals surface area contributed by atoms with Gasteiger partial charge in [-0.05, 0) is 44.2 Å². The maximum Gasteiger partial charge on any atom is 0.239 e. The second-order valence-electron chi connectivity index (χ2n) is 5.18. The van der Waals surface area contributed by atoms with Crippen molar-refractivity contribution in [3.8, 4) is 5.75 Å². The molecule has 1 aliphatic carbocycles. The zero-order valence-corrected chi connectivity index (χ0v) is 11.7. The van der Waals surface area contributed by atoms with E-state index in [9.17, 15) is 9.18 Å². The number of carbonyl (C=O) groups excluding carboxylic acids is 1. The van der Waals surface area contributed by atoms with Crippen molar-refractivity contribution in [3.63, 3.8) is 0 Å². The Hall–Kier alpha value is -1.78. The van der Waals surface area contributed by atoms with Crippen molar-refractivity contribution in [2.45, 2.75) is 51.2 Å². The van der Waals surface area contributed by atoms with E-state index in [1.807, 2.05) is 6.92 Å². The molecule has 0 radical (unpaired) electrons. The van der Waals surface area contributed by atoms with E-state index in [-0.39, 0.29) is 11.9 Å². The largest absolute Gasteiger partial charge is 0.487 e. The van der Waals surface area contributed by atoms with Crippen molar-refractivity contribution in [2.75, 3.05) is 5.32 Å². The van der Waals surface area contributed by atoms with Gasteiger partial charge in [-0.25, -0.2) is 4.39 Å². The molecule has 0 heterocycles. The van der Waals surface area contributed by atoms with Crippen LogP contribution in [0.3, 0.4) is 0 Å². The molecule has 3 N–H and O–H groups in total. The summed E-state index contributed by atoms with van der Waals surface area (Å²) in [6.45, 7) is 1.84. The van der Waals surface area contributed by atoms with Gasteiger partial charge in [0.15, 0.2) is 11.6 Å². The van der Waals surface area contributed by atoms with Crippen LogP contribution in [0.25, 0.3) is 0 Å². The zero-order valence-electron chi connectivity index (χ0n) is 11.7. The van der Waals surface area contributed by atoms with Gasteiger partial charge in [-0.15, -0.1) is 0 Å². The Morgan fingerprint density at radius 3 is 2.75 bits per heavy atom. The van der Waals surface area contributed by atoms with Gasteiger partial charge in [-0.1, -0.05) is 6.92 Å². The lowest BCUT2D eigenvalue weighted by Crippen LogP contribution is -2.34. The van der Waals surface area contributed by atoms with Crippen molar-refractivity contribution in [1.29, 1.82) is 0 Å². The maximum absolute atomic E-state index is 14.0. The van der Waals surface area contributed by atoms with Gasteiger partial charge in [0, 0.05) is 11.8 Å². The first-order chi connectivity index (χ1) is 9.60. The monoisotopic (exact) mass is 280 g/mol. The van der Waals surface area contributed by atoms with Crippen LogP contribution in [0.1, 0.15) is 39.0 Å². The summed E-state index contributed by atoms with van der Waals surface area (Å²) in [5.74, 6) is -0.588. The smallest absolute Gasteiger partial charge is 0.239 e. The van der Waals surface area contributed by atoms with Crippen molar-refractivity contribution >= 4 is 11.6 Å². The fraction of sp³-hybridized carbons (Fsp3) is 0.533. The molecule has 20 heavy (non-hydrogen) atoms. The first kappa shape index (κ1) is 14.6. The molecule has 1 amide bonds. The van der Waals surface area contributed by atoms with Gasteiger partial charge in [0.25, 0.3) is 0 Å². The van der Waals surface area contributed by atoms with Gasteiger partial charge in [0.2, 0.25) is 5.91 Å². The average Bonchev–Trinajstić information content (AvgIpc) is 2.91. The third-order valence-corrected chi connectivity index (χ3v) is 3.62. The van der Waals surface area contributed by atoms with Crippen molar-refractivity contribution in [1.82, 2.24) is 0 Å². The number of halogens is 1. The summed E-state index contributed by atoms with van der Waals surface area (Å²) in [6, 6.07) is 4.16. The van der Waals surface area contributed by atoms with Crippen molar-refractivity contribution < 1.29 is 13.9 Å². The summed E-state index contributed by atoms with van der Waals surface area (Å²) >= 11 is 0. The number of amides is 1. The van der Waals surface area contributed by atoms with Crippen LogP contribution in [0.15, 0.2) is 18.2 Å². The van der Waals surface area contributed by atoms with Gasteiger partial charge < -0.3 is 15.8 Å². The van der Waals surface area contributed by atoms with Crippen LogP contribution in [0.2, 0.25) is 0 Å². The molecule has 1 saturated carbocycles. The summed E-state index contributed by atoms with van der Waals surface area (Å²) in [5, 5.41) is 2.92. The summed E-state index contributed by atoms with van der Waals surface area (Å²) in [5.41, 5.74) is 5.79. The lowest BCUT2D eigenvalue weighted by Gasteiger charge is -2.17. The quantitative estimate of drug-likeness (QED) is 0.842. The van der Waals surface area contributed by atoms with Crippen LogP contribution in [0, 0.1) is 5.82 Å². The van der Waals surface area contributed by atoms with E-state index in [4.69, 9.17) is 10.5 Å². The van der Waals surface area contributed by atoms with Gasteiger partial charge in [-0.2, -0.15) is 0 Å². The van der Waals surface area contributed by atoms with Crippen LogP contribution < -0.4 is 15.8 Å². The number of anilines is 1. The normalized spacial score (nSPS) is 16.9. The molecule has 4 nitrogen and oxygen atoms in total. The maximum atomic E-state index is 14.0. The number of hydrogen-bond acceptors (Lipinski definition) is 3. The molecular formula is C15H21FN2O2. The summed E-state index contributed by atoms with van der Waals surface area (Å²) in [6.07, 6.45) is 4.93. The minimum absolute atomic E-state index is 0.123. The lowest BCUT2D eigenvalue weighted by molar-refractivity contribution is -0.118. The van der Waals surface area contributed by atoms with E-state index in [1.54, 1.807) is 12.1 Å². The molecule has 0 aromatic heterocycles. The summed E-state index contributed by atoms with van der Waals surface area (Å²) in [4.78, 5) is 11.2. The van der Waals surface area contributed by atoms with E-state index < -0.39 is 17.8 Å². The van der Waals surface area contributed by atoms with E-state index >= 15 is 0 Å². The zero-order chi connectivity index (χ0) is 14.5. The molecule has 1 atom stereocenters. The van der Waals surface area contributed by atoms with Crippen LogP contribution in [0.4, 0.5) is 10.1 Å². The third kappa shape index (κ3) is 3.62.